The van der Waals surface area contributed by atoms with Crippen LogP contribution in [0.3, 0.4) is 0 Å². The summed E-state index contributed by atoms with van der Waals surface area (Å²) in [6.07, 6.45) is -0.709. The van der Waals surface area contributed by atoms with E-state index in [-0.39, 0.29) is 17.9 Å². The number of hydrogen-bond donors (Lipinski definition) is 0. The number of nitro groups is 1. The molecule has 2 aliphatic rings. The Labute approximate surface area is 216 Å². The molecule has 3 aromatic rings. The molecule has 0 saturated carbocycles. The SMILES string of the molecule is O=[N+]([O-])c1cn2c(n1)O[C@@H](COc1ccc(N3CCC(COc4ccc(C(F)(F)F)cc4)CC3)cc1)CC2. The number of hydrogen-bond acceptors (Lipinski definition) is 7. The molecule has 3 heterocycles. The lowest BCUT2D eigenvalue weighted by atomic mass is 9.97. The summed E-state index contributed by atoms with van der Waals surface area (Å²) in [5, 5.41) is 10.9. The van der Waals surface area contributed by atoms with Crippen LogP contribution < -0.4 is 19.1 Å². The van der Waals surface area contributed by atoms with Crippen LogP contribution in [0.4, 0.5) is 24.7 Å². The Balaban J connectivity index is 1.04. The number of ether oxygens (including phenoxy) is 3. The number of nitrogens with zero attached hydrogens (tertiary/aromatic N) is 4. The second kappa shape index (κ2) is 10.8. The van der Waals surface area contributed by atoms with Crippen LogP contribution in [0.1, 0.15) is 24.8 Å². The van der Waals surface area contributed by atoms with Gasteiger partial charge in [0.05, 0.1) is 12.2 Å². The van der Waals surface area contributed by atoms with Crippen LogP contribution in [0.15, 0.2) is 54.7 Å². The van der Waals surface area contributed by atoms with Crippen molar-refractivity contribution in [1.29, 1.82) is 0 Å². The first kappa shape index (κ1) is 25.7. The van der Waals surface area contributed by atoms with Gasteiger partial charge in [0, 0.05) is 36.7 Å². The Hall–Kier alpha value is -3.96. The van der Waals surface area contributed by atoms with Crippen LogP contribution >= 0.6 is 0 Å². The van der Waals surface area contributed by atoms with E-state index in [1.165, 1.54) is 18.3 Å². The summed E-state index contributed by atoms with van der Waals surface area (Å²) < 4.78 is 57.1. The number of aryl methyl sites for hydroxylation is 1. The zero-order chi connectivity index (χ0) is 26.7. The predicted molar refractivity (Wildman–Crippen MR) is 132 cm³/mol. The van der Waals surface area contributed by atoms with Crippen molar-refractivity contribution in [3.63, 3.8) is 0 Å². The molecule has 9 nitrogen and oxygen atoms in total. The number of halogens is 3. The molecule has 2 aliphatic heterocycles. The number of imidazole rings is 1. The highest BCUT2D eigenvalue weighted by atomic mass is 19.4. The minimum atomic E-state index is -4.35. The van der Waals surface area contributed by atoms with Crippen LogP contribution in [-0.2, 0) is 12.7 Å². The van der Waals surface area contributed by atoms with E-state index < -0.39 is 16.7 Å². The Morgan fingerprint density at radius 1 is 0.947 bits per heavy atom. The Morgan fingerprint density at radius 2 is 1.58 bits per heavy atom. The lowest BCUT2D eigenvalue weighted by Gasteiger charge is -2.33. The van der Waals surface area contributed by atoms with E-state index >= 15 is 0 Å². The van der Waals surface area contributed by atoms with Gasteiger partial charge in [-0.15, -0.1) is 0 Å². The average Bonchev–Trinajstić information content (AvgIpc) is 3.35. The summed E-state index contributed by atoms with van der Waals surface area (Å²) in [6.45, 7) is 3.08. The quantitative estimate of drug-likeness (QED) is 0.286. The molecule has 0 unspecified atom stereocenters. The Morgan fingerprint density at radius 3 is 2.21 bits per heavy atom. The van der Waals surface area contributed by atoms with Crippen molar-refractivity contribution in [1.82, 2.24) is 9.55 Å². The standard InChI is InChI=1S/C26H27F3N4O5/c27-26(28,29)19-1-5-21(6-2-19)36-16-18-9-12-31(13-10-18)20-3-7-22(8-4-20)37-17-23-11-14-32-15-24(33(34)35)30-25(32)38-23/h1-8,15,18,23H,9-14,16-17H2/t23-/m1/s1. The van der Waals surface area contributed by atoms with Crippen molar-refractivity contribution in [3.05, 3.63) is 70.4 Å². The molecule has 12 heteroatoms. The van der Waals surface area contributed by atoms with Crippen LogP contribution in [0.25, 0.3) is 0 Å². The third-order valence-electron chi connectivity index (χ3n) is 6.80. The number of benzene rings is 2. The van der Waals surface area contributed by atoms with Gasteiger partial charge in [0.25, 0.3) is 0 Å². The Kier molecular flexibility index (Phi) is 7.30. The molecule has 38 heavy (non-hydrogen) atoms. The molecule has 1 aromatic heterocycles. The number of anilines is 1. The van der Waals surface area contributed by atoms with E-state index in [0.717, 1.165) is 43.8 Å². The van der Waals surface area contributed by atoms with Crippen molar-refractivity contribution in [2.75, 3.05) is 31.2 Å². The third kappa shape index (κ3) is 6.12. The van der Waals surface area contributed by atoms with Gasteiger partial charge in [-0.2, -0.15) is 13.2 Å². The number of fused-ring (bicyclic) bond motifs is 1. The molecule has 0 spiro atoms. The van der Waals surface area contributed by atoms with Gasteiger partial charge in [-0.3, -0.25) is 4.57 Å². The highest BCUT2D eigenvalue weighted by molar-refractivity contribution is 5.49. The lowest BCUT2D eigenvalue weighted by Crippen LogP contribution is -2.35. The van der Waals surface area contributed by atoms with E-state index in [1.54, 1.807) is 4.57 Å². The summed E-state index contributed by atoms with van der Waals surface area (Å²) in [5.41, 5.74) is 0.404. The second-order valence-corrected chi connectivity index (χ2v) is 9.43. The first-order valence-corrected chi connectivity index (χ1v) is 12.4. The fraction of sp³-hybridized carbons (Fsp3) is 0.423. The smallest absolute Gasteiger partial charge is 0.416 e. The van der Waals surface area contributed by atoms with Crippen LogP contribution in [-0.4, -0.2) is 46.9 Å². The topological polar surface area (TPSA) is 91.9 Å². The minimum absolute atomic E-state index is 0.229. The van der Waals surface area contributed by atoms with Crippen molar-refractivity contribution >= 4 is 11.5 Å². The molecular weight excluding hydrogens is 505 g/mol. The molecule has 5 rings (SSSR count). The number of rotatable bonds is 8. The van der Waals surface area contributed by atoms with Gasteiger partial charge in [-0.05, 0) is 72.2 Å². The second-order valence-electron chi connectivity index (χ2n) is 9.43. The fourth-order valence-corrected chi connectivity index (χ4v) is 4.59. The van der Waals surface area contributed by atoms with E-state index in [4.69, 9.17) is 14.2 Å². The van der Waals surface area contributed by atoms with E-state index in [1.807, 2.05) is 24.3 Å². The molecule has 0 N–H and O–H groups in total. The Bertz CT molecular complexity index is 1240. The van der Waals surface area contributed by atoms with Crippen molar-refractivity contribution < 1.29 is 32.3 Å². The largest absolute Gasteiger partial charge is 0.493 e. The highest BCUT2D eigenvalue weighted by Crippen LogP contribution is 2.31. The molecule has 0 amide bonds. The number of aromatic nitrogens is 2. The zero-order valence-corrected chi connectivity index (χ0v) is 20.5. The van der Waals surface area contributed by atoms with E-state index in [0.29, 0.717) is 43.6 Å². The zero-order valence-electron chi connectivity index (χ0n) is 20.5. The maximum Gasteiger partial charge on any atom is 0.416 e. The van der Waals surface area contributed by atoms with Gasteiger partial charge in [0.15, 0.2) is 0 Å². The van der Waals surface area contributed by atoms with Gasteiger partial charge in [-0.1, -0.05) is 0 Å². The molecule has 1 saturated heterocycles. The van der Waals surface area contributed by atoms with E-state index in [2.05, 4.69) is 9.88 Å². The third-order valence-corrected chi connectivity index (χ3v) is 6.80. The van der Waals surface area contributed by atoms with Crippen LogP contribution in [0.5, 0.6) is 17.5 Å². The van der Waals surface area contributed by atoms with Gasteiger partial charge >= 0.3 is 18.0 Å². The summed E-state index contributed by atoms with van der Waals surface area (Å²) in [7, 11) is 0. The first-order chi connectivity index (χ1) is 18.2. The lowest BCUT2D eigenvalue weighted by molar-refractivity contribution is -0.389. The molecule has 0 radical (unpaired) electrons. The van der Waals surface area contributed by atoms with Crippen molar-refractivity contribution in [2.45, 2.75) is 38.1 Å². The van der Waals surface area contributed by atoms with Crippen LogP contribution in [0, 0.1) is 16.0 Å². The maximum absolute atomic E-state index is 12.7. The molecule has 1 atom stereocenters. The van der Waals surface area contributed by atoms with E-state index in [9.17, 15) is 23.3 Å². The highest BCUT2D eigenvalue weighted by Gasteiger charge is 2.30. The molecular formula is C26H27F3N4O5. The number of alkyl halides is 3. The van der Waals surface area contributed by atoms with Gasteiger partial charge in [0.1, 0.15) is 30.4 Å². The summed E-state index contributed by atoms with van der Waals surface area (Å²) in [6, 6.07) is 12.9. The average molecular weight is 533 g/mol. The monoisotopic (exact) mass is 532 g/mol. The molecule has 202 valence electrons. The molecule has 1 fully saturated rings. The van der Waals surface area contributed by atoms with Crippen LogP contribution in [0.2, 0.25) is 0 Å². The number of piperidine rings is 1. The summed E-state index contributed by atoms with van der Waals surface area (Å²) in [4.78, 5) is 16.5. The van der Waals surface area contributed by atoms with Crippen molar-refractivity contribution in [3.8, 4) is 17.5 Å². The van der Waals surface area contributed by atoms with Crippen molar-refractivity contribution in [2.24, 2.45) is 5.92 Å². The molecule has 0 bridgehead atoms. The maximum atomic E-state index is 12.7. The summed E-state index contributed by atoms with van der Waals surface area (Å²) >= 11 is 0. The summed E-state index contributed by atoms with van der Waals surface area (Å²) in [5.74, 6) is 1.26. The van der Waals surface area contributed by atoms with Gasteiger partial charge < -0.3 is 29.2 Å². The van der Waals surface area contributed by atoms with Gasteiger partial charge in [0.2, 0.25) is 0 Å². The molecule has 2 aromatic carbocycles. The minimum Gasteiger partial charge on any atom is -0.493 e. The fourth-order valence-electron chi connectivity index (χ4n) is 4.59. The van der Waals surface area contributed by atoms with Gasteiger partial charge in [-0.25, -0.2) is 0 Å². The normalized spacial score (nSPS) is 18.0. The molecule has 0 aliphatic carbocycles. The predicted octanol–water partition coefficient (Wildman–Crippen LogP) is 5.34. The first-order valence-electron chi connectivity index (χ1n) is 12.4.